The van der Waals surface area contributed by atoms with Gasteiger partial charge in [-0.15, -0.1) is 11.8 Å². The fourth-order valence-corrected chi connectivity index (χ4v) is 2.81. The van der Waals surface area contributed by atoms with Gasteiger partial charge in [0.1, 0.15) is 0 Å². The third-order valence-corrected chi connectivity index (χ3v) is 4.55. The first kappa shape index (κ1) is 18.5. The smallest absolute Gasteiger partial charge is 0.243 e. The molecule has 0 radical (unpaired) electrons. The minimum absolute atomic E-state index is 0.0702. The minimum atomic E-state index is -0.121. The van der Waals surface area contributed by atoms with Gasteiger partial charge in [0, 0.05) is 11.3 Å². The highest BCUT2D eigenvalue weighted by molar-refractivity contribution is 7.98. The molecule has 1 aromatic heterocycles. The van der Waals surface area contributed by atoms with Crippen molar-refractivity contribution in [3.63, 3.8) is 0 Å². The molecule has 2 rings (SSSR count). The Morgan fingerprint density at radius 1 is 1.42 bits per heavy atom. The lowest BCUT2D eigenvalue weighted by atomic mass is 10.2. The number of carbonyl (C=O) groups is 1. The second-order valence-corrected chi connectivity index (χ2v) is 6.49. The molecule has 0 saturated heterocycles. The summed E-state index contributed by atoms with van der Waals surface area (Å²) in [6.45, 7) is 4.27. The number of rotatable bonds is 8. The zero-order valence-corrected chi connectivity index (χ0v) is 15.4. The quantitative estimate of drug-likeness (QED) is 0.738. The van der Waals surface area contributed by atoms with Gasteiger partial charge in [0.05, 0.1) is 18.3 Å². The molecule has 0 bridgehead atoms. The molecule has 1 N–H and O–H groups in total. The third kappa shape index (κ3) is 4.82. The largest absolute Gasteiger partial charge is 0.338 e. The number of hydrogen-bond donors (Lipinski definition) is 1. The van der Waals surface area contributed by atoms with E-state index >= 15 is 0 Å². The number of carbonyl (C=O) groups excluding carboxylic acids is 1. The number of aryl methyl sites for hydroxylation is 1. The van der Waals surface area contributed by atoms with Crippen LogP contribution < -0.4 is 5.32 Å². The molecule has 2 aromatic rings. The Balaban J connectivity index is 1.94. The molecule has 0 aliphatic carbocycles. The van der Waals surface area contributed by atoms with E-state index in [0.29, 0.717) is 11.7 Å². The summed E-state index contributed by atoms with van der Waals surface area (Å²) in [6, 6.07) is 7.64. The van der Waals surface area contributed by atoms with Crippen LogP contribution in [-0.2, 0) is 11.2 Å². The summed E-state index contributed by atoms with van der Waals surface area (Å²) in [6.07, 6.45) is 3.76. The number of nitrogens with one attached hydrogen (secondary N) is 1. The highest BCUT2D eigenvalue weighted by atomic mass is 32.2. The maximum atomic E-state index is 12.3. The van der Waals surface area contributed by atoms with Crippen LogP contribution in [-0.4, -0.2) is 40.8 Å². The van der Waals surface area contributed by atoms with Gasteiger partial charge < -0.3 is 9.84 Å². The number of hydrogen-bond acceptors (Lipinski definition) is 6. The van der Waals surface area contributed by atoms with Gasteiger partial charge in [0.25, 0.3) is 0 Å². The lowest BCUT2D eigenvalue weighted by molar-refractivity contribution is -0.117. The first-order valence-electron chi connectivity index (χ1n) is 8.00. The van der Waals surface area contributed by atoms with Gasteiger partial charge in [-0.25, -0.2) is 0 Å². The predicted octanol–water partition coefficient (Wildman–Crippen LogP) is 3.38. The predicted molar refractivity (Wildman–Crippen MR) is 96.2 cm³/mol. The van der Waals surface area contributed by atoms with Crippen LogP contribution in [0.4, 0.5) is 5.69 Å². The number of para-hydroxylation sites is 1. The molecule has 0 aliphatic rings. The maximum absolute atomic E-state index is 12.3. The van der Waals surface area contributed by atoms with Gasteiger partial charge in [-0.2, -0.15) is 4.98 Å². The van der Waals surface area contributed by atoms with E-state index in [1.165, 1.54) is 0 Å². The molecule has 1 atom stereocenters. The highest BCUT2D eigenvalue weighted by Gasteiger charge is 2.20. The number of aromatic nitrogens is 2. The molecular formula is C17H24N4O2S. The summed E-state index contributed by atoms with van der Waals surface area (Å²) in [5.74, 6) is 1.18. The van der Waals surface area contributed by atoms with Crippen molar-refractivity contribution >= 4 is 23.4 Å². The third-order valence-electron chi connectivity index (χ3n) is 3.75. The van der Waals surface area contributed by atoms with Crippen LogP contribution in [0.2, 0.25) is 0 Å². The van der Waals surface area contributed by atoms with Gasteiger partial charge in [-0.05, 0) is 38.8 Å². The molecule has 1 aromatic carbocycles. The molecule has 0 aliphatic heterocycles. The van der Waals surface area contributed by atoms with Crippen molar-refractivity contribution in [1.29, 1.82) is 0 Å². The number of amides is 1. The average Bonchev–Trinajstić information content (AvgIpc) is 3.03. The molecule has 0 spiro atoms. The molecule has 1 heterocycles. The molecule has 0 fully saturated rings. The monoisotopic (exact) mass is 348 g/mol. The Hall–Kier alpha value is -1.86. The summed E-state index contributed by atoms with van der Waals surface area (Å²) in [4.78, 5) is 19.6. The molecule has 0 saturated carbocycles. The Bertz CT molecular complexity index is 674. The van der Waals surface area contributed by atoms with Crippen molar-refractivity contribution in [2.24, 2.45) is 0 Å². The maximum Gasteiger partial charge on any atom is 0.243 e. The van der Waals surface area contributed by atoms with Crippen LogP contribution in [0.3, 0.4) is 0 Å². The van der Waals surface area contributed by atoms with E-state index in [4.69, 9.17) is 4.52 Å². The van der Waals surface area contributed by atoms with Crippen molar-refractivity contribution in [2.75, 3.05) is 25.2 Å². The van der Waals surface area contributed by atoms with Crippen LogP contribution in [0.25, 0.3) is 0 Å². The first-order valence-corrected chi connectivity index (χ1v) is 9.23. The van der Waals surface area contributed by atoms with Gasteiger partial charge in [0.2, 0.25) is 11.8 Å². The van der Waals surface area contributed by atoms with Gasteiger partial charge >= 0.3 is 0 Å². The second-order valence-electron chi connectivity index (χ2n) is 5.64. The first-order chi connectivity index (χ1) is 11.5. The second kappa shape index (κ2) is 8.84. The van der Waals surface area contributed by atoms with Crippen molar-refractivity contribution in [3.05, 3.63) is 36.0 Å². The highest BCUT2D eigenvalue weighted by Crippen LogP contribution is 2.24. The molecular weight excluding hydrogens is 324 g/mol. The normalized spacial score (nSPS) is 12.4. The zero-order valence-electron chi connectivity index (χ0n) is 14.6. The molecule has 6 nitrogen and oxygen atoms in total. The van der Waals surface area contributed by atoms with E-state index < -0.39 is 0 Å². The fourth-order valence-electron chi connectivity index (χ4n) is 2.25. The van der Waals surface area contributed by atoms with Gasteiger partial charge in [0.15, 0.2) is 5.82 Å². The zero-order chi connectivity index (χ0) is 17.5. The lowest BCUT2D eigenvalue weighted by Gasteiger charge is -2.21. The van der Waals surface area contributed by atoms with Crippen LogP contribution in [0, 0.1) is 0 Å². The van der Waals surface area contributed by atoms with Crippen molar-refractivity contribution in [1.82, 2.24) is 15.0 Å². The van der Waals surface area contributed by atoms with E-state index in [0.717, 1.165) is 23.4 Å². The number of anilines is 1. The van der Waals surface area contributed by atoms with Crippen LogP contribution in [0.1, 0.15) is 38.0 Å². The summed E-state index contributed by atoms with van der Waals surface area (Å²) in [5, 5.41) is 6.92. The van der Waals surface area contributed by atoms with E-state index in [1.54, 1.807) is 11.8 Å². The number of likely N-dealkylation sites (N-methyl/N-ethyl adjacent to an activating group) is 1. The van der Waals surface area contributed by atoms with Crippen LogP contribution >= 0.6 is 11.8 Å². The Morgan fingerprint density at radius 3 is 2.88 bits per heavy atom. The Labute approximate surface area is 147 Å². The summed E-state index contributed by atoms with van der Waals surface area (Å²) in [7, 11) is 1.87. The SMILES string of the molecule is CCCc1noc(C(C)N(C)CC(=O)Nc2ccccc2SC)n1. The Morgan fingerprint density at radius 2 is 2.17 bits per heavy atom. The number of nitrogens with zero attached hydrogens (tertiary/aromatic N) is 3. The topological polar surface area (TPSA) is 71.3 Å². The average molecular weight is 348 g/mol. The van der Waals surface area contributed by atoms with Crippen molar-refractivity contribution in [2.45, 2.75) is 37.6 Å². The lowest BCUT2D eigenvalue weighted by Crippen LogP contribution is -2.32. The van der Waals surface area contributed by atoms with E-state index in [9.17, 15) is 4.79 Å². The van der Waals surface area contributed by atoms with Crippen molar-refractivity contribution < 1.29 is 9.32 Å². The number of thioether (sulfide) groups is 1. The van der Waals surface area contributed by atoms with Crippen LogP contribution in [0.15, 0.2) is 33.7 Å². The molecule has 24 heavy (non-hydrogen) atoms. The standard InChI is InChI=1S/C17H24N4O2S/c1-5-8-15-19-17(23-20-15)12(2)21(3)11-16(22)18-13-9-6-7-10-14(13)24-4/h6-7,9-10,12H,5,8,11H2,1-4H3,(H,18,22). The fraction of sp³-hybridized carbons (Fsp3) is 0.471. The molecule has 130 valence electrons. The van der Waals surface area contributed by atoms with Crippen LogP contribution in [0.5, 0.6) is 0 Å². The van der Waals surface area contributed by atoms with Gasteiger partial charge in [-0.3, -0.25) is 9.69 Å². The molecule has 7 heteroatoms. The van der Waals surface area contributed by atoms with E-state index in [2.05, 4.69) is 22.4 Å². The summed E-state index contributed by atoms with van der Waals surface area (Å²) >= 11 is 1.61. The van der Waals surface area contributed by atoms with E-state index in [-0.39, 0.29) is 18.5 Å². The Kier molecular flexibility index (Phi) is 6.81. The minimum Gasteiger partial charge on any atom is -0.338 e. The summed E-state index contributed by atoms with van der Waals surface area (Å²) < 4.78 is 5.30. The van der Waals surface area contributed by atoms with E-state index in [1.807, 2.05) is 49.4 Å². The molecule has 1 amide bonds. The molecule has 1 unspecified atom stereocenters. The number of benzene rings is 1. The van der Waals surface area contributed by atoms with Gasteiger partial charge in [-0.1, -0.05) is 24.2 Å². The van der Waals surface area contributed by atoms with Crippen molar-refractivity contribution in [3.8, 4) is 0 Å². The summed E-state index contributed by atoms with van der Waals surface area (Å²) in [5.41, 5.74) is 0.832.